The molecule has 0 bridgehead atoms. The van der Waals surface area contributed by atoms with Crippen LogP contribution < -0.4 is 0 Å². The first kappa shape index (κ1) is 30.0. The zero-order chi connectivity index (χ0) is 36.2. The number of benzene rings is 8. The van der Waals surface area contributed by atoms with Gasteiger partial charge >= 0.3 is 0 Å². The molecule has 0 aliphatic rings. The Balaban J connectivity index is 0.991. The van der Waals surface area contributed by atoms with Crippen molar-refractivity contribution in [1.82, 2.24) is 9.13 Å². The van der Waals surface area contributed by atoms with E-state index in [-0.39, 0.29) is 0 Å². The van der Waals surface area contributed by atoms with Crippen LogP contribution in [0.25, 0.3) is 98.9 Å². The Hall–Kier alpha value is -7.55. The second-order valence-electron chi connectivity index (χ2n) is 14.4. The van der Waals surface area contributed by atoms with Gasteiger partial charge in [0.1, 0.15) is 11.2 Å². The lowest BCUT2D eigenvalue weighted by Crippen LogP contribution is -1.95. The highest BCUT2D eigenvalue weighted by Crippen LogP contribution is 2.40. The Labute approximate surface area is 314 Å². The lowest BCUT2D eigenvalue weighted by atomic mass is 10.0. The van der Waals surface area contributed by atoms with Gasteiger partial charge in [-0.1, -0.05) is 91.0 Å². The van der Waals surface area contributed by atoms with Crippen LogP contribution in [0.3, 0.4) is 0 Å². The number of nitrogens with zero attached hydrogens (tertiary/aromatic N) is 3. The van der Waals surface area contributed by atoms with Gasteiger partial charge in [0.05, 0.1) is 45.1 Å². The molecule has 0 amide bonds. The van der Waals surface area contributed by atoms with Crippen LogP contribution >= 0.6 is 0 Å². The van der Waals surface area contributed by atoms with Crippen LogP contribution in [-0.2, 0) is 6.42 Å². The molecule has 12 rings (SSSR count). The van der Waals surface area contributed by atoms with Gasteiger partial charge in [0.25, 0.3) is 0 Å². The summed E-state index contributed by atoms with van der Waals surface area (Å²) in [7, 11) is 0. The van der Waals surface area contributed by atoms with Crippen LogP contribution in [0.2, 0.25) is 0 Å². The van der Waals surface area contributed by atoms with E-state index in [1.807, 2.05) is 30.3 Å². The Morgan fingerprint density at radius 3 is 1.49 bits per heavy atom. The number of hydrogen-bond donors (Lipinski definition) is 0. The molecule has 256 valence electrons. The van der Waals surface area contributed by atoms with Gasteiger partial charge in [-0.3, -0.25) is 0 Å². The van der Waals surface area contributed by atoms with E-state index in [0.717, 1.165) is 83.7 Å². The fourth-order valence-corrected chi connectivity index (χ4v) is 8.95. The predicted octanol–water partition coefficient (Wildman–Crippen LogP) is 13.1. The molecule has 4 heterocycles. The Kier molecular flexibility index (Phi) is 6.12. The second-order valence-corrected chi connectivity index (χ2v) is 14.4. The van der Waals surface area contributed by atoms with Crippen molar-refractivity contribution in [2.45, 2.75) is 6.42 Å². The molecule has 0 N–H and O–H groups in total. The third kappa shape index (κ3) is 4.28. The maximum Gasteiger partial charge on any atom is 0.159 e. The number of rotatable bonds is 4. The van der Waals surface area contributed by atoms with Gasteiger partial charge < -0.3 is 18.0 Å². The summed E-state index contributed by atoms with van der Waals surface area (Å²) in [6.07, 6.45) is 0.796. The average Bonchev–Trinajstić information content (AvgIpc) is 3.98. The van der Waals surface area contributed by atoms with Crippen molar-refractivity contribution in [1.29, 1.82) is 5.26 Å². The number of hydrogen-bond acceptors (Lipinski definition) is 3. The SMILES string of the molecule is N#Cc1ccc2oc3c(-n4c5ccccc5c5cc(Cc6ccc7c(c6)c6ccccc6n7-c6cccc7c6oc6ccccc67)ccc54)cccc3c2c1. The molecule has 0 atom stereocenters. The molecule has 55 heavy (non-hydrogen) atoms. The molecular weight excluding hydrogens is 675 g/mol. The molecule has 0 saturated carbocycles. The van der Waals surface area contributed by atoms with E-state index in [1.165, 1.54) is 32.7 Å². The molecule has 5 nitrogen and oxygen atoms in total. The number of furan rings is 2. The Bertz CT molecular complexity index is 3600. The van der Waals surface area contributed by atoms with Crippen molar-refractivity contribution in [2.75, 3.05) is 0 Å². The highest BCUT2D eigenvalue weighted by atomic mass is 16.3. The van der Waals surface area contributed by atoms with Gasteiger partial charge in [-0.25, -0.2) is 0 Å². The van der Waals surface area contributed by atoms with Crippen molar-refractivity contribution in [3.05, 3.63) is 180 Å². The van der Waals surface area contributed by atoms with Crippen molar-refractivity contribution in [3.63, 3.8) is 0 Å². The van der Waals surface area contributed by atoms with Gasteiger partial charge in [0.2, 0.25) is 0 Å². The van der Waals surface area contributed by atoms with E-state index in [2.05, 4.69) is 149 Å². The molecular formula is C50H29N3O2. The van der Waals surface area contributed by atoms with Crippen LogP contribution in [0.5, 0.6) is 0 Å². The van der Waals surface area contributed by atoms with Crippen LogP contribution in [0.15, 0.2) is 173 Å². The average molecular weight is 704 g/mol. The molecule has 0 aliphatic carbocycles. The zero-order valence-corrected chi connectivity index (χ0v) is 29.5. The minimum absolute atomic E-state index is 0.621. The first-order valence-corrected chi connectivity index (χ1v) is 18.5. The first-order valence-electron chi connectivity index (χ1n) is 18.5. The van der Waals surface area contributed by atoms with E-state index < -0.39 is 0 Å². The first-order chi connectivity index (χ1) is 27.2. The lowest BCUT2D eigenvalue weighted by molar-refractivity contribution is 0.666. The summed E-state index contributed by atoms with van der Waals surface area (Å²) in [5.74, 6) is 0. The highest BCUT2D eigenvalue weighted by molar-refractivity contribution is 6.14. The van der Waals surface area contributed by atoms with Crippen molar-refractivity contribution < 1.29 is 8.83 Å². The molecule has 0 saturated heterocycles. The van der Waals surface area contributed by atoms with E-state index in [1.54, 1.807) is 0 Å². The van der Waals surface area contributed by atoms with Crippen LogP contribution in [0, 0.1) is 11.3 Å². The van der Waals surface area contributed by atoms with Crippen LogP contribution in [0.1, 0.15) is 16.7 Å². The minimum atomic E-state index is 0.621. The van der Waals surface area contributed by atoms with Crippen molar-refractivity contribution >= 4 is 87.5 Å². The topological polar surface area (TPSA) is 59.9 Å². The maximum atomic E-state index is 9.56. The van der Waals surface area contributed by atoms with Gasteiger partial charge in [-0.15, -0.1) is 0 Å². The summed E-state index contributed by atoms with van der Waals surface area (Å²) in [6.45, 7) is 0. The summed E-state index contributed by atoms with van der Waals surface area (Å²) in [5.41, 5.74) is 13.1. The Morgan fingerprint density at radius 1 is 0.400 bits per heavy atom. The number of aromatic nitrogens is 2. The summed E-state index contributed by atoms with van der Waals surface area (Å²) < 4.78 is 17.7. The molecule has 12 aromatic rings. The second kappa shape index (κ2) is 11.2. The zero-order valence-electron chi connectivity index (χ0n) is 29.5. The van der Waals surface area contributed by atoms with E-state index >= 15 is 0 Å². The molecule has 0 radical (unpaired) electrons. The summed E-state index contributed by atoms with van der Waals surface area (Å²) in [5, 5.41) is 18.6. The van der Waals surface area contributed by atoms with Gasteiger partial charge in [0, 0.05) is 43.1 Å². The lowest BCUT2D eigenvalue weighted by Gasteiger charge is -2.10. The van der Waals surface area contributed by atoms with Gasteiger partial charge in [0.15, 0.2) is 11.2 Å². The van der Waals surface area contributed by atoms with Gasteiger partial charge in [-0.05, 0) is 90.3 Å². The molecule has 0 spiro atoms. The predicted molar refractivity (Wildman–Crippen MR) is 224 cm³/mol. The molecule has 4 aromatic heterocycles. The van der Waals surface area contributed by atoms with Crippen LogP contribution in [0.4, 0.5) is 0 Å². The summed E-state index contributed by atoms with van der Waals surface area (Å²) in [4.78, 5) is 0. The summed E-state index contributed by atoms with van der Waals surface area (Å²) in [6, 6.07) is 59.9. The maximum absolute atomic E-state index is 9.56. The highest BCUT2D eigenvalue weighted by Gasteiger charge is 2.20. The molecule has 0 aliphatic heterocycles. The quantitative estimate of drug-likeness (QED) is 0.183. The third-order valence-electron chi connectivity index (χ3n) is 11.4. The molecule has 0 fully saturated rings. The molecule has 8 aromatic carbocycles. The minimum Gasteiger partial charge on any atom is -0.454 e. The van der Waals surface area contributed by atoms with Crippen molar-refractivity contribution in [2.24, 2.45) is 0 Å². The summed E-state index contributed by atoms with van der Waals surface area (Å²) >= 11 is 0. The smallest absolute Gasteiger partial charge is 0.159 e. The fraction of sp³-hybridized carbons (Fsp3) is 0.0200. The van der Waals surface area contributed by atoms with E-state index in [4.69, 9.17) is 8.83 Å². The molecule has 0 unspecified atom stereocenters. The Morgan fingerprint density at radius 2 is 0.891 bits per heavy atom. The largest absolute Gasteiger partial charge is 0.454 e. The fourth-order valence-electron chi connectivity index (χ4n) is 8.95. The standard InChI is InChI=1S/C50H29N3O2/c51-29-32-21-24-48-40(28-32)37-13-8-17-46(50(37)55-48)53-42-15-5-2-10-34(42)39-27-31(20-23-44(39)53)25-30-19-22-43-38(26-30)33-9-1-4-14-41(33)52(43)45-16-7-12-36-35-11-3-6-18-47(35)54-49(36)45/h1-24,26-28H,25H2. The van der Waals surface area contributed by atoms with E-state index in [9.17, 15) is 5.26 Å². The molecule has 5 heteroatoms. The van der Waals surface area contributed by atoms with Gasteiger partial charge in [-0.2, -0.15) is 5.26 Å². The normalized spacial score (nSPS) is 12.1. The van der Waals surface area contributed by atoms with E-state index in [0.29, 0.717) is 5.56 Å². The monoisotopic (exact) mass is 703 g/mol. The van der Waals surface area contributed by atoms with Crippen molar-refractivity contribution in [3.8, 4) is 17.4 Å². The number of para-hydroxylation sites is 5. The number of nitriles is 1. The van der Waals surface area contributed by atoms with Crippen LogP contribution in [-0.4, -0.2) is 9.13 Å². The number of fused-ring (bicyclic) bond motifs is 12. The third-order valence-corrected chi connectivity index (χ3v) is 11.4.